The normalized spacial score (nSPS) is 17.7. The fourth-order valence-electron chi connectivity index (χ4n) is 3.60. The zero-order chi connectivity index (χ0) is 18.8. The molecule has 5 nitrogen and oxygen atoms in total. The van der Waals surface area contributed by atoms with Crippen molar-refractivity contribution in [2.45, 2.75) is 58.9 Å². The maximum Gasteiger partial charge on any atom is 0.251 e. The van der Waals surface area contributed by atoms with Gasteiger partial charge in [0.1, 0.15) is 0 Å². The molecule has 1 aliphatic heterocycles. The second kappa shape index (κ2) is 11.1. The fourth-order valence-corrected chi connectivity index (χ4v) is 3.60. The molecule has 0 aliphatic carbocycles. The number of carbonyl (C=O) groups excluding carboxylic acids is 1. The van der Waals surface area contributed by atoms with E-state index in [2.05, 4.69) is 17.1 Å². The molecule has 1 aliphatic rings. The molecule has 0 spiro atoms. The maximum absolute atomic E-state index is 12.4. The number of likely N-dealkylation sites (tertiary alicyclic amines) is 1. The van der Waals surface area contributed by atoms with Crippen LogP contribution in [0.4, 0.5) is 0 Å². The van der Waals surface area contributed by atoms with Crippen molar-refractivity contribution in [2.24, 2.45) is 0 Å². The van der Waals surface area contributed by atoms with Crippen LogP contribution < -0.4 is 14.8 Å². The standard InChI is InChI=1S/C21H34N2O3/c1-4-18-10-7-8-14-23(18)15-9-13-22-21(24)17-11-12-19(25-5-2)20(16-17)26-6-3/h11-12,16,18H,4-10,13-15H2,1-3H3,(H,22,24)/t18-/m0/s1. The number of nitrogens with zero attached hydrogens (tertiary/aromatic N) is 1. The first-order chi connectivity index (χ1) is 12.7. The van der Waals surface area contributed by atoms with Gasteiger partial charge < -0.3 is 19.7 Å². The number of amides is 1. The van der Waals surface area contributed by atoms with Crippen molar-refractivity contribution >= 4 is 5.91 Å². The maximum atomic E-state index is 12.4. The summed E-state index contributed by atoms with van der Waals surface area (Å²) in [6, 6.07) is 6.09. The molecule has 1 aromatic rings. The van der Waals surface area contributed by atoms with Crippen molar-refractivity contribution < 1.29 is 14.3 Å². The Labute approximate surface area is 158 Å². The number of piperidine rings is 1. The van der Waals surface area contributed by atoms with Crippen LogP contribution in [0, 0.1) is 0 Å². The summed E-state index contributed by atoms with van der Waals surface area (Å²) in [4.78, 5) is 15.0. The van der Waals surface area contributed by atoms with Crippen LogP contribution in [0.5, 0.6) is 11.5 Å². The molecule has 5 heteroatoms. The molecule has 2 rings (SSSR count). The van der Waals surface area contributed by atoms with Crippen molar-refractivity contribution in [1.29, 1.82) is 0 Å². The van der Waals surface area contributed by atoms with E-state index in [0.29, 0.717) is 36.8 Å². The fraction of sp³-hybridized carbons (Fsp3) is 0.667. The van der Waals surface area contributed by atoms with Crippen molar-refractivity contribution in [3.8, 4) is 11.5 Å². The molecule has 146 valence electrons. The molecule has 1 amide bonds. The van der Waals surface area contributed by atoms with E-state index in [-0.39, 0.29) is 5.91 Å². The molecular formula is C21H34N2O3. The molecule has 0 radical (unpaired) electrons. The third kappa shape index (κ3) is 5.90. The minimum atomic E-state index is -0.0558. The average Bonchev–Trinajstić information content (AvgIpc) is 2.67. The van der Waals surface area contributed by atoms with Crippen molar-refractivity contribution in [3.05, 3.63) is 23.8 Å². The Bertz CT molecular complexity index is 562. The van der Waals surface area contributed by atoms with Crippen LogP contribution in [0.3, 0.4) is 0 Å². The zero-order valence-electron chi connectivity index (χ0n) is 16.6. The summed E-state index contributed by atoms with van der Waals surface area (Å²) in [5, 5.41) is 3.03. The van der Waals surface area contributed by atoms with Crippen molar-refractivity contribution in [3.63, 3.8) is 0 Å². The van der Waals surface area contributed by atoms with Gasteiger partial charge in [-0.3, -0.25) is 4.79 Å². The van der Waals surface area contributed by atoms with E-state index in [1.165, 1.54) is 32.2 Å². The molecule has 0 unspecified atom stereocenters. The van der Waals surface area contributed by atoms with Gasteiger partial charge in [-0.25, -0.2) is 0 Å². The summed E-state index contributed by atoms with van der Waals surface area (Å²) >= 11 is 0. The van der Waals surface area contributed by atoms with Gasteiger partial charge in [0.05, 0.1) is 13.2 Å². The molecule has 0 bridgehead atoms. The first-order valence-electron chi connectivity index (χ1n) is 10.1. The van der Waals surface area contributed by atoms with Crippen molar-refractivity contribution in [2.75, 3.05) is 32.8 Å². The SMILES string of the molecule is CCOc1ccc(C(=O)NCCCN2CCCC[C@@H]2CC)cc1OCC. The molecular weight excluding hydrogens is 328 g/mol. The lowest BCUT2D eigenvalue weighted by atomic mass is 10.00. The Morgan fingerprint density at radius 3 is 2.65 bits per heavy atom. The Balaban J connectivity index is 1.82. The van der Waals surface area contributed by atoms with Crippen molar-refractivity contribution in [1.82, 2.24) is 10.2 Å². The van der Waals surface area contributed by atoms with Gasteiger partial charge in [-0.05, 0) is 64.3 Å². The highest BCUT2D eigenvalue weighted by molar-refractivity contribution is 5.94. The lowest BCUT2D eigenvalue weighted by Gasteiger charge is -2.35. The van der Waals surface area contributed by atoms with E-state index in [1.54, 1.807) is 12.1 Å². The first-order valence-corrected chi connectivity index (χ1v) is 10.1. The third-order valence-corrected chi connectivity index (χ3v) is 4.93. The number of benzene rings is 1. The summed E-state index contributed by atoms with van der Waals surface area (Å²) in [7, 11) is 0. The van der Waals surface area contributed by atoms with E-state index < -0.39 is 0 Å². The topological polar surface area (TPSA) is 50.8 Å². The van der Waals surface area contributed by atoms with E-state index in [1.807, 2.05) is 19.9 Å². The third-order valence-electron chi connectivity index (χ3n) is 4.93. The van der Waals surface area contributed by atoms with Gasteiger partial charge in [0.2, 0.25) is 0 Å². The highest BCUT2D eigenvalue weighted by Crippen LogP contribution is 2.28. The van der Waals surface area contributed by atoms with Gasteiger partial charge >= 0.3 is 0 Å². The minimum absolute atomic E-state index is 0.0558. The predicted molar refractivity (Wildman–Crippen MR) is 105 cm³/mol. The van der Waals surface area contributed by atoms with E-state index in [9.17, 15) is 4.79 Å². The molecule has 0 aromatic heterocycles. The van der Waals surface area contributed by atoms with Crippen LogP contribution in [0.2, 0.25) is 0 Å². The number of hydrogen-bond donors (Lipinski definition) is 1. The second-order valence-electron chi connectivity index (χ2n) is 6.73. The quantitative estimate of drug-likeness (QED) is 0.642. The lowest BCUT2D eigenvalue weighted by molar-refractivity contribution is 0.0947. The summed E-state index contributed by atoms with van der Waals surface area (Å²) in [5.74, 6) is 1.25. The summed E-state index contributed by atoms with van der Waals surface area (Å²) < 4.78 is 11.1. The largest absolute Gasteiger partial charge is 0.490 e. The number of hydrogen-bond acceptors (Lipinski definition) is 4. The highest BCUT2D eigenvalue weighted by atomic mass is 16.5. The van der Waals surface area contributed by atoms with E-state index in [4.69, 9.17) is 9.47 Å². The molecule has 1 aromatic carbocycles. The van der Waals surface area contributed by atoms with Crippen LogP contribution in [-0.2, 0) is 0 Å². The summed E-state index contributed by atoms with van der Waals surface area (Å²) in [6.07, 6.45) is 6.17. The number of rotatable bonds is 10. The average molecular weight is 363 g/mol. The number of nitrogens with one attached hydrogen (secondary N) is 1. The molecule has 0 saturated carbocycles. The Hall–Kier alpha value is -1.75. The Kier molecular flexibility index (Phi) is 8.75. The second-order valence-corrected chi connectivity index (χ2v) is 6.73. The Morgan fingerprint density at radius 1 is 1.15 bits per heavy atom. The molecule has 1 saturated heterocycles. The van der Waals surface area contributed by atoms with Gasteiger partial charge in [-0.1, -0.05) is 13.3 Å². The van der Waals surface area contributed by atoms with Crippen LogP contribution in [-0.4, -0.2) is 49.7 Å². The highest BCUT2D eigenvalue weighted by Gasteiger charge is 2.20. The molecule has 1 fully saturated rings. The zero-order valence-corrected chi connectivity index (χ0v) is 16.6. The molecule has 1 N–H and O–H groups in total. The molecule has 1 atom stereocenters. The molecule has 26 heavy (non-hydrogen) atoms. The minimum Gasteiger partial charge on any atom is -0.490 e. The van der Waals surface area contributed by atoms with E-state index in [0.717, 1.165) is 19.0 Å². The summed E-state index contributed by atoms with van der Waals surface area (Å²) in [6.45, 7) is 10.2. The lowest BCUT2D eigenvalue weighted by Crippen LogP contribution is -2.40. The first kappa shape index (κ1) is 20.6. The Morgan fingerprint density at radius 2 is 1.92 bits per heavy atom. The van der Waals surface area contributed by atoms with Gasteiger partial charge in [0.25, 0.3) is 5.91 Å². The van der Waals surface area contributed by atoms with Gasteiger partial charge in [0, 0.05) is 24.7 Å². The smallest absolute Gasteiger partial charge is 0.251 e. The van der Waals surface area contributed by atoms with Gasteiger partial charge in [0.15, 0.2) is 11.5 Å². The predicted octanol–water partition coefficient (Wildman–Crippen LogP) is 3.87. The van der Waals surface area contributed by atoms with Crippen LogP contribution in [0.25, 0.3) is 0 Å². The van der Waals surface area contributed by atoms with Crippen LogP contribution >= 0.6 is 0 Å². The number of ether oxygens (including phenoxy) is 2. The number of carbonyl (C=O) groups is 1. The monoisotopic (exact) mass is 362 g/mol. The van der Waals surface area contributed by atoms with E-state index >= 15 is 0 Å². The van der Waals surface area contributed by atoms with Gasteiger partial charge in [-0.15, -0.1) is 0 Å². The summed E-state index contributed by atoms with van der Waals surface area (Å²) in [5.41, 5.74) is 0.612. The molecule has 1 heterocycles. The van der Waals surface area contributed by atoms with Crippen LogP contribution in [0.15, 0.2) is 18.2 Å². The van der Waals surface area contributed by atoms with Gasteiger partial charge in [-0.2, -0.15) is 0 Å². The van der Waals surface area contributed by atoms with Crippen LogP contribution in [0.1, 0.15) is 63.2 Å².